The first kappa shape index (κ1) is 10.6. The second-order valence-corrected chi connectivity index (χ2v) is 0.957. The molecule has 0 amide bonds. The number of hydrogen-bond donors (Lipinski definition) is 0. The first-order valence-electron chi connectivity index (χ1n) is 2.16. The quantitative estimate of drug-likeness (QED) is 0.382. The van der Waals surface area contributed by atoms with E-state index in [1.165, 1.54) is 0 Å². The molecule has 7 heavy (non-hydrogen) atoms. The third kappa shape index (κ3) is 10.8. The molecule has 0 saturated carbocycles. The van der Waals surface area contributed by atoms with Crippen LogP contribution in [0.25, 0.3) is 0 Å². The fraction of sp³-hybridized carbons (Fsp3) is 0.500. The van der Waals surface area contributed by atoms with Crippen LogP contribution in [0.1, 0.15) is 19.8 Å². The van der Waals surface area contributed by atoms with Gasteiger partial charge in [0.1, 0.15) is 0 Å². The molecule has 0 nitrogen and oxygen atoms in total. The molecule has 0 unspecified atom stereocenters. The molecule has 0 aromatic heterocycles. The van der Waals surface area contributed by atoms with E-state index in [1.807, 2.05) is 6.92 Å². The minimum Gasteiger partial charge on any atom is -0.332 e. The van der Waals surface area contributed by atoms with E-state index in [1.54, 1.807) is 0 Å². The molecular formula is C6H9Y-. The average Bonchev–Trinajstić information content (AvgIpc) is 1.61. The van der Waals surface area contributed by atoms with Gasteiger partial charge in [-0.1, -0.05) is 6.92 Å². The maximum atomic E-state index is 3.55. The van der Waals surface area contributed by atoms with Gasteiger partial charge in [-0.25, -0.2) is 0 Å². The minimum atomic E-state index is 0. The first-order valence-corrected chi connectivity index (χ1v) is 2.16. The van der Waals surface area contributed by atoms with Crippen molar-refractivity contribution in [3.63, 3.8) is 0 Å². The molecule has 0 rings (SSSR count). The van der Waals surface area contributed by atoms with Crippen molar-refractivity contribution in [2.45, 2.75) is 19.8 Å². The van der Waals surface area contributed by atoms with Crippen LogP contribution in [0.3, 0.4) is 0 Å². The van der Waals surface area contributed by atoms with Crippen molar-refractivity contribution in [3.8, 4) is 11.8 Å². The molecule has 0 aromatic carbocycles. The van der Waals surface area contributed by atoms with Crippen molar-refractivity contribution in [3.05, 3.63) is 6.92 Å². The van der Waals surface area contributed by atoms with Crippen LogP contribution in [0, 0.1) is 18.8 Å². The summed E-state index contributed by atoms with van der Waals surface area (Å²) in [5.74, 6) is 5.72. The molecule has 0 bridgehead atoms. The molecule has 0 aliphatic rings. The van der Waals surface area contributed by atoms with Crippen molar-refractivity contribution in [1.82, 2.24) is 0 Å². The van der Waals surface area contributed by atoms with Gasteiger partial charge >= 0.3 is 0 Å². The van der Waals surface area contributed by atoms with E-state index in [0.717, 1.165) is 12.8 Å². The van der Waals surface area contributed by atoms with Crippen molar-refractivity contribution < 1.29 is 32.7 Å². The summed E-state index contributed by atoms with van der Waals surface area (Å²) in [5, 5.41) is 0. The van der Waals surface area contributed by atoms with Crippen LogP contribution >= 0.6 is 0 Å². The van der Waals surface area contributed by atoms with E-state index in [0.29, 0.717) is 0 Å². The average molecular weight is 170 g/mol. The van der Waals surface area contributed by atoms with Crippen molar-refractivity contribution in [2.24, 2.45) is 0 Å². The zero-order valence-electron chi connectivity index (χ0n) is 4.70. The van der Waals surface area contributed by atoms with Gasteiger partial charge in [-0.3, -0.25) is 0 Å². The standard InChI is InChI=1S/C6H9.Y/c1-3-5-6-4-2;/h1,3-4H2,2H3;/q-1;. The predicted molar refractivity (Wildman–Crippen MR) is 28.0 cm³/mol. The molecule has 0 aliphatic heterocycles. The van der Waals surface area contributed by atoms with Gasteiger partial charge in [-0.15, -0.1) is 18.3 Å². The monoisotopic (exact) mass is 170 g/mol. The topological polar surface area (TPSA) is 0 Å². The third-order valence-corrected chi connectivity index (χ3v) is 0.427. The van der Waals surface area contributed by atoms with E-state index in [-0.39, 0.29) is 32.7 Å². The molecule has 0 fully saturated rings. The van der Waals surface area contributed by atoms with Crippen molar-refractivity contribution >= 4 is 0 Å². The second-order valence-electron chi connectivity index (χ2n) is 0.957. The number of hydrogen-bond acceptors (Lipinski definition) is 0. The summed E-state index contributed by atoms with van der Waals surface area (Å²) in [6.45, 7) is 5.58. The fourth-order valence-electron chi connectivity index (χ4n) is 0.213. The normalized spacial score (nSPS) is 5.43. The predicted octanol–water partition coefficient (Wildman–Crippen LogP) is 1.62. The maximum Gasteiger partial charge on any atom is 0.00592 e. The Balaban J connectivity index is 0. The summed E-state index contributed by atoms with van der Waals surface area (Å²) in [5.41, 5.74) is 0. The molecule has 0 heterocycles. The van der Waals surface area contributed by atoms with Crippen molar-refractivity contribution in [1.29, 1.82) is 0 Å². The zero-order valence-corrected chi connectivity index (χ0v) is 7.54. The molecule has 37 valence electrons. The van der Waals surface area contributed by atoms with Gasteiger partial charge in [0.2, 0.25) is 0 Å². The Kier molecular flexibility index (Phi) is 14.9. The molecular weight excluding hydrogens is 161 g/mol. The van der Waals surface area contributed by atoms with Gasteiger partial charge in [0.15, 0.2) is 0 Å². The summed E-state index contributed by atoms with van der Waals surface area (Å²) >= 11 is 0. The van der Waals surface area contributed by atoms with Crippen LogP contribution in [-0.2, 0) is 32.7 Å². The van der Waals surface area contributed by atoms with Crippen molar-refractivity contribution in [2.75, 3.05) is 0 Å². The van der Waals surface area contributed by atoms with E-state index in [2.05, 4.69) is 18.8 Å². The van der Waals surface area contributed by atoms with E-state index in [4.69, 9.17) is 0 Å². The van der Waals surface area contributed by atoms with Crippen LogP contribution < -0.4 is 0 Å². The Labute approximate surface area is 70.9 Å². The van der Waals surface area contributed by atoms with E-state index in [9.17, 15) is 0 Å². The molecule has 1 radical (unpaired) electrons. The molecule has 0 N–H and O–H groups in total. The van der Waals surface area contributed by atoms with Gasteiger partial charge in [0, 0.05) is 39.1 Å². The molecule has 0 aliphatic carbocycles. The van der Waals surface area contributed by atoms with Gasteiger partial charge in [0.25, 0.3) is 0 Å². The summed E-state index contributed by atoms with van der Waals surface area (Å²) in [6, 6.07) is 0. The molecule has 0 saturated heterocycles. The first-order chi connectivity index (χ1) is 2.91. The van der Waals surface area contributed by atoms with Crippen LogP contribution in [0.2, 0.25) is 0 Å². The molecule has 1 heteroatoms. The van der Waals surface area contributed by atoms with Gasteiger partial charge in [-0.2, -0.15) is 0 Å². The Morgan fingerprint density at radius 1 is 1.43 bits per heavy atom. The Bertz CT molecular complexity index is 58.0. The Hall–Kier alpha value is 0.664. The van der Waals surface area contributed by atoms with Gasteiger partial charge < -0.3 is 6.92 Å². The summed E-state index contributed by atoms with van der Waals surface area (Å²) in [4.78, 5) is 0. The summed E-state index contributed by atoms with van der Waals surface area (Å²) in [7, 11) is 0. The van der Waals surface area contributed by atoms with Crippen LogP contribution in [0.4, 0.5) is 0 Å². The molecule has 0 aromatic rings. The summed E-state index contributed by atoms with van der Waals surface area (Å²) in [6.07, 6.45) is 1.70. The van der Waals surface area contributed by atoms with Crippen LogP contribution in [0.15, 0.2) is 0 Å². The van der Waals surface area contributed by atoms with Gasteiger partial charge in [-0.05, 0) is 0 Å². The fourth-order valence-corrected chi connectivity index (χ4v) is 0.213. The van der Waals surface area contributed by atoms with E-state index < -0.39 is 0 Å². The van der Waals surface area contributed by atoms with Crippen LogP contribution in [0.5, 0.6) is 0 Å². The number of rotatable bonds is 0. The largest absolute Gasteiger partial charge is 0.332 e. The SMILES string of the molecule is [CH2-]CC#CCC.[Y]. The maximum absolute atomic E-state index is 3.55. The minimum absolute atomic E-state index is 0. The second kappa shape index (κ2) is 9.83. The summed E-state index contributed by atoms with van der Waals surface area (Å²) < 4.78 is 0. The molecule has 0 spiro atoms. The third-order valence-electron chi connectivity index (χ3n) is 0.427. The van der Waals surface area contributed by atoms with Crippen LogP contribution in [-0.4, -0.2) is 0 Å². The zero-order chi connectivity index (χ0) is 4.83. The Morgan fingerprint density at radius 2 is 2.00 bits per heavy atom. The smallest absolute Gasteiger partial charge is 0.00592 e. The van der Waals surface area contributed by atoms with Gasteiger partial charge in [0.05, 0.1) is 0 Å². The van der Waals surface area contributed by atoms with E-state index >= 15 is 0 Å². The Morgan fingerprint density at radius 3 is 2.14 bits per heavy atom. The molecule has 0 atom stereocenters.